The lowest BCUT2D eigenvalue weighted by Gasteiger charge is -2.36. The van der Waals surface area contributed by atoms with Gasteiger partial charge in [-0.15, -0.1) is 24.8 Å². The first kappa shape index (κ1) is 33.2. The second-order valence-corrected chi connectivity index (χ2v) is 9.97. The Labute approximate surface area is 192 Å². The van der Waals surface area contributed by atoms with Crippen LogP contribution < -0.4 is 0 Å². The number of halogens is 2. The fourth-order valence-electron chi connectivity index (χ4n) is 3.94. The Kier molecular flexibility index (Phi) is 26.4. The summed E-state index contributed by atoms with van der Waals surface area (Å²) in [7, 11) is 0. The van der Waals surface area contributed by atoms with Crippen LogP contribution in [0.15, 0.2) is 0 Å². The van der Waals surface area contributed by atoms with Crippen molar-refractivity contribution in [1.82, 2.24) is 0 Å². The molecule has 0 amide bonds. The van der Waals surface area contributed by atoms with Gasteiger partial charge in [-0.2, -0.15) is 0 Å². The zero-order valence-corrected chi connectivity index (χ0v) is 22.1. The summed E-state index contributed by atoms with van der Waals surface area (Å²) in [5, 5.41) is 0. The molecule has 174 valence electrons. The largest absolute Gasteiger partial charge is 0.147 e. The zero-order chi connectivity index (χ0) is 19.7. The van der Waals surface area contributed by atoms with Gasteiger partial charge in [-0.1, -0.05) is 151 Å². The molecule has 0 N–H and O–H groups in total. The van der Waals surface area contributed by atoms with Crippen molar-refractivity contribution in [2.75, 3.05) is 0 Å². The van der Waals surface area contributed by atoms with Gasteiger partial charge in [0.2, 0.25) is 0 Å². The Morgan fingerprint density at radius 2 is 0.786 bits per heavy atom. The molecule has 0 aromatic rings. The Bertz CT molecular complexity index is 286. The molecule has 0 aromatic heterocycles. The van der Waals surface area contributed by atoms with E-state index in [1.807, 2.05) is 0 Å². The van der Waals surface area contributed by atoms with Gasteiger partial charge in [0.15, 0.2) is 0 Å². The lowest BCUT2D eigenvalue weighted by atomic mass is 9.70. The highest BCUT2D eigenvalue weighted by molar-refractivity contribution is 5.85. The molecule has 0 nitrogen and oxygen atoms in total. The maximum atomic E-state index is 2.46. The van der Waals surface area contributed by atoms with Gasteiger partial charge < -0.3 is 0 Å². The zero-order valence-electron chi connectivity index (χ0n) is 20.5. The van der Waals surface area contributed by atoms with Gasteiger partial charge >= 0.3 is 0 Å². The summed E-state index contributed by atoms with van der Waals surface area (Å²) in [4.78, 5) is 0. The van der Waals surface area contributed by atoms with E-state index in [-0.39, 0.29) is 24.8 Å². The van der Waals surface area contributed by atoms with Crippen molar-refractivity contribution in [3.8, 4) is 0 Å². The number of unbranched alkanes of at least 4 members (excludes halogenated alkanes) is 15. The van der Waals surface area contributed by atoms with Crippen molar-refractivity contribution >= 4 is 24.8 Å². The summed E-state index contributed by atoms with van der Waals surface area (Å²) in [6, 6.07) is 0. The Morgan fingerprint density at radius 3 is 1.07 bits per heavy atom. The molecule has 0 saturated carbocycles. The van der Waals surface area contributed by atoms with Crippen LogP contribution in [-0.2, 0) is 0 Å². The highest BCUT2D eigenvalue weighted by atomic mass is 35.5. The minimum absolute atomic E-state index is 0. The van der Waals surface area contributed by atoms with Crippen LogP contribution in [0, 0.1) is 17.3 Å². The molecule has 0 radical (unpaired) electrons. The predicted octanol–water partition coefficient (Wildman–Crippen LogP) is 10.8. The van der Waals surface area contributed by atoms with Gasteiger partial charge in [0, 0.05) is 0 Å². The second kappa shape index (κ2) is 22.3. The Hall–Kier alpha value is 0.580. The van der Waals surface area contributed by atoms with E-state index in [0.717, 1.165) is 11.8 Å². The van der Waals surface area contributed by atoms with Gasteiger partial charge in [-0.05, 0) is 17.3 Å². The third-order valence-corrected chi connectivity index (χ3v) is 7.25. The molecule has 28 heavy (non-hydrogen) atoms. The van der Waals surface area contributed by atoms with Gasteiger partial charge in [0.1, 0.15) is 0 Å². The van der Waals surface area contributed by atoms with E-state index in [2.05, 4.69) is 41.5 Å². The average molecular weight is 440 g/mol. The molecule has 0 fully saturated rings. The van der Waals surface area contributed by atoms with Crippen LogP contribution in [0.2, 0.25) is 0 Å². The standard InChI is InChI=1S/C26H54.2ClH/c1-7-8-9-10-11-12-13-14-15-16-17-18-19-20-21-22-23-25(4)26(5,6)24(2)3;;/h24-25H,7-23H2,1-6H3;2*1H. The summed E-state index contributed by atoms with van der Waals surface area (Å²) in [6.07, 6.45) is 24.8. The number of hydrogen-bond acceptors (Lipinski definition) is 0. The Balaban J connectivity index is -0.00000312. The molecular weight excluding hydrogens is 383 g/mol. The SMILES string of the molecule is CCCCCCCCCCCCCCCCCCC(C)C(C)(C)C(C)C.Cl.Cl. The van der Waals surface area contributed by atoms with E-state index in [9.17, 15) is 0 Å². The van der Waals surface area contributed by atoms with Crippen LogP contribution in [0.3, 0.4) is 0 Å². The highest BCUT2D eigenvalue weighted by Crippen LogP contribution is 2.37. The predicted molar refractivity (Wildman–Crippen MR) is 136 cm³/mol. The van der Waals surface area contributed by atoms with Crippen LogP contribution in [0.1, 0.15) is 151 Å². The van der Waals surface area contributed by atoms with Crippen LogP contribution in [0.5, 0.6) is 0 Å². The van der Waals surface area contributed by atoms with E-state index in [4.69, 9.17) is 0 Å². The van der Waals surface area contributed by atoms with E-state index in [1.165, 1.54) is 109 Å². The third-order valence-electron chi connectivity index (χ3n) is 7.25. The minimum Gasteiger partial charge on any atom is -0.147 e. The molecule has 0 aliphatic carbocycles. The molecule has 0 aromatic carbocycles. The smallest absolute Gasteiger partial charge is 0.0305 e. The van der Waals surface area contributed by atoms with Crippen LogP contribution >= 0.6 is 24.8 Å². The van der Waals surface area contributed by atoms with Crippen molar-refractivity contribution in [1.29, 1.82) is 0 Å². The highest BCUT2D eigenvalue weighted by Gasteiger charge is 2.28. The molecule has 0 aliphatic heterocycles. The first-order valence-electron chi connectivity index (χ1n) is 12.4. The van der Waals surface area contributed by atoms with E-state index in [0.29, 0.717) is 5.41 Å². The van der Waals surface area contributed by atoms with Crippen LogP contribution in [-0.4, -0.2) is 0 Å². The topological polar surface area (TPSA) is 0 Å². The molecule has 0 heterocycles. The summed E-state index contributed by atoms with van der Waals surface area (Å²) in [5.41, 5.74) is 0.496. The van der Waals surface area contributed by atoms with Crippen LogP contribution in [0.4, 0.5) is 0 Å². The normalized spacial score (nSPS) is 12.5. The van der Waals surface area contributed by atoms with E-state index < -0.39 is 0 Å². The molecule has 0 spiro atoms. The quantitative estimate of drug-likeness (QED) is 0.176. The monoisotopic (exact) mass is 438 g/mol. The molecule has 2 heteroatoms. The van der Waals surface area contributed by atoms with E-state index >= 15 is 0 Å². The third kappa shape index (κ3) is 18.6. The molecule has 1 unspecified atom stereocenters. The van der Waals surface area contributed by atoms with Crippen molar-refractivity contribution < 1.29 is 0 Å². The van der Waals surface area contributed by atoms with Crippen molar-refractivity contribution in [3.63, 3.8) is 0 Å². The average Bonchev–Trinajstić information content (AvgIpc) is 2.60. The lowest BCUT2D eigenvalue weighted by Crippen LogP contribution is -2.27. The fraction of sp³-hybridized carbons (Fsp3) is 1.00. The van der Waals surface area contributed by atoms with Gasteiger partial charge in [0.25, 0.3) is 0 Å². The first-order valence-corrected chi connectivity index (χ1v) is 12.4. The molecule has 1 atom stereocenters. The maximum absolute atomic E-state index is 2.46. The summed E-state index contributed by atoms with van der Waals surface area (Å²) in [6.45, 7) is 14.4. The fourth-order valence-corrected chi connectivity index (χ4v) is 3.94. The summed E-state index contributed by atoms with van der Waals surface area (Å²) in [5.74, 6) is 1.65. The minimum atomic E-state index is 0. The molecule has 0 aliphatic rings. The van der Waals surface area contributed by atoms with Crippen molar-refractivity contribution in [2.24, 2.45) is 17.3 Å². The number of hydrogen-bond donors (Lipinski definition) is 0. The first-order chi connectivity index (χ1) is 12.4. The van der Waals surface area contributed by atoms with Gasteiger partial charge in [-0.25, -0.2) is 0 Å². The van der Waals surface area contributed by atoms with E-state index in [1.54, 1.807) is 0 Å². The van der Waals surface area contributed by atoms with Gasteiger partial charge in [0.05, 0.1) is 0 Å². The lowest BCUT2D eigenvalue weighted by molar-refractivity contribution is 0.140. The summed E-state index contributed by atoms with van der Waals surface area (Å²) < 4.78 is 0. The number of rotatable bonds is 19. The second-order valence-electron chi connectivity index (χ2n) is 9.97. The molecule has 0 bridgehead atoms. The van der Waals surface area contributed by atoms with Gasteiger partial charge in [-0.3, -0.25) is 0 Å². The maximum Gasteiger partial charge on any atom is -0.0305 e. The van der Waals surface area contributed by atoms with Crippen molar-refractivity contribution in [2.45, 2.75) is 151 Å². The molecule has 0 rings (SSSR count). The van der Waals surface area contributed by atoms with Crippen LogP contribution in [0.25, 0.3) is 0 Å². The van der Waals surface area contributed by atoms with Crippen molar-refractivity contribution in [3.05, 3.63) is 0 Å². The molecule has 0 saturated heterocycles. The Morgan fingerprint density at radius 1 is 0.500 bits per heavy atom. The molecular formula is C26H56Cl2. The summed E-state index contributed by atoms with van der Waals surface area (Å²) >= 11 is 0.